The molecule has 98 valence electrons. The van der Waals surface area contributed by atoms with Crippen molar-refractivity contribution in [2.24, 2.45) is 17.8 Å². The van der Waals surface area contributed by atoms with Crippen molar-refractivity contribution in [3.63, 3.8) is 0 Å². The summed E-state index contributed by atoms with van der Waals surface area (Å²) in [4.78, 5) is 0. The number of hydrogen-bond acceptors (Lipinski definition) is 1. The van der Waals surface area contributed by atoms with Crippen LogP contribution in [0.4, 0.5) is 0 Å². The Labute approximate surface area is 119 Å². The topological polar surface area (TPSA) is 12.0 Å². The SMILES string of the molecule is CNC(c1cc(Cl)cc(Cl)c1)C1CC2CCC1C2. The summed E-state index contributed by atoms with van der Waals surface area (Å²) in [6, 6.07) is 6.32. The van der Waals surface area contributed by atoms with Gasteiger partial charge in [-0.2, -0.15) is 0 Å². The Hall–Kier alpha value is -0.240. The van der Waals surface area contributed by atoms with Gasteiger partial charge in [-0.3, -0.25) is 0 Å². The van der Waals surface area contributed by atoms with Crippen molar-refractivity contribution in [2.75, 3.05) is 7.05 Å². The molecule has 18 heavy (non-hydrogen) atoms. The van der Waals surface area contributed by atoms with Gasteiger partial charge in [-0.15, -0.1) is 0 Å². The Bertz CT molecular complexity index is 426. The van der Waals surface area contributed by atoms with E-state index >= 15 is 0 Å². The summed E-state index contributed by atoms with van der Waals surface area (Å²) < 4.78 is 0. The molecule has 0 radical (unpaired) electrons. The summed E-state index contributed by atoms with van der Waals surface area (Å²) in [5, 5.41) is 4.96. The summed E-state index contributed by atoms with van der Waals surface area (Å²) in [6.07, 6.45) is 5.63. The summed E-state index contributed by atoms with van der Waals surface area (Å²) in [5.74, 6) is 2.61. The van der Waals surface area contributed by atoms with Gasteiger partial charge >= 0.3 is 0 Å². The molecule has 2 aliphatic carbocycles. The van der Waals surface area contributed by atoms with Crippen molar-refractivity contribution in [3.8, 4) is 0 Å². The summed E-state index contributed by atoms with van der Waals surface area (Å²) in [5.41, 5.74) is 1.24. The number of benzene rings is 1. The minimum absolute atomic E-state index is 0.400. The highest BCUT2D eigenvalue weighted by Crippen LogP contribution is 2.52. The number of fused-ring (bicyclic) bond motifs is 2. The van der Waals surface area contributed by atoms with E-state index in [1.54, 1.807) is 6.07 Å². The van der Waals surface area contributed by atoms with Gasteiger partial charge in [0, 0.05) is 16.1 Å². The minimum atomic E-state index is 0.400. The van der Waals surface area contributed by atoms with Gasteiger partial charge in [0.15, 0.2) is 0 Å². The molecular weight excluding hydrogens is 265 g/mol. The van der Waals surface area contributed by atoms with E-state index in [0.29, 0.717) is 6.04 Å². The molecule has 0 saturated heterocycles. The van der Waals surface area contributed by atoms with Gasteiger partial charge < -0.3 is 5.32 Å². The second kappa shape index (κ2) is 5.03. The van der Waals surface area contributed by atoms with Gasteiger partial charge in [-0.05, 0) is 67.8 Å². The lowest BCUT2D eigenvalue weighted by molar-refractivity contribution is 0.259. The Morgan fingerprint density at radius 2 is 1.83 bits per heavy atom. The number of rotatable bonds is 3. The first kappa shape index (κ1) is 12.8. The van der Waals surface area contributed by atoms with Gasteiger partial charge in [0.05, 0.1) is 0 Å². The fourth-order valence-electron chi connectivity index (χ4n) is 4.08. The Morgan fingerprint density at radius 1 is 1.11 bits per heavy atom. The van der Waals surface area contributed by atoms with E-state index in [4.69, 9.17) is 23.2 Å². The molecule has 1 aromatic rings. The van der Waals surface area contributed by atoms with Crippen LogP contribution in [0.2, 0.25) is 10.0 Å². The maximum atomic E-state index is 6.12. The molecular formula is C15H19Cl2N. The molecule has 0 heterocycles. The molecule has 4 atom stereocenters. The second-order valence-electron chi connectivity index (χ2n) is 5.81. The van der Waals surface area contributed by atoms with E-state index in [-0.39, 0.29) is 0 Å². The number of halogens is 2. The average Bonchev–Trinajstić information content (AvgIpc) is 2.90. The summed E-state index contributed by atoms with van der Waals surface area (Å²) >= 11 is 12.2. The monoisotopic (exact) mass is 283 g/mol. The Kier molecular flexibility index (Phi) is 3.57. The molecule has 0 amide bonds. The van der Waals surface area contributed by atoms with Crippen molar-refractivity contribution in [1.29, 1.82) is 0 Å². The van der Waals surface area contributed by atoms with E-state index in [2.05, 4.69) is 17.4 Å². The third-order valence-corrected chi connectivity index (χ3v) is 5.21. The van der Waals surface area contributed by atoms with Crippen LogP contribution in [0.1, 0.15) is 37.3 Å². The zero-order valence-electron chi connectivity index (χ0n) is 10.6. The van der Waals surface area contributed by atoms with Crippen LogP contribution in [0.3, 0.4) is 0 Å². The first-order valence-corrected chi connectivity index (χ1v) is 7.56. The van der Waals surface area contributed by atoms with Crippen LogP contribution in [0.5, 0.6) is 0 Å². The Balaban J connectivity index is 1.87. The van der Waals surface area contributed by atoms with Gasteiger partial charge in [-0.25, -0.2) is 0 Å². The normalized spacial score (nSPS) is 31.8. The average molecular weight is 284 g/mol. The maximum Gasteiger partial charge on any atom is 0.0424 e. The highest BCUT2D eigenvalue weighted by Gasteiger charge is 2.43. The third-order valence-electron chi connectivity index (χ3n) is 4.78. The fraction of sp³-hybridized carbons (Fsp3) is 0.600. The molecule has 0 aromatic heterocycles. The number of nitrogens with one attached hydrogen (secondary N) is 1. The van der Waals surface area contributed by atoms with Gasteiger partial charge in [-0.1, -0.05) is 29.6 Å². The minimum Gasteiger partial charge on any atom is -0.313 e. The summed E-state index contributed by atoms with van der Waals surface area (Å²) in [6.45, 7) is 0. The zero-order valence-corrected chi connectivity index (χ0v) is 12.1. The quantitative estimate of drug-likeness (QED) is 0.849. The zero-order chi connectivity index (χ0) is 12.7. The van der Waals surface area contributed by atoms with Crippen LogP contribution in [-0.4, -0.2) is 7.05 Å². The molecule has 1 aromatic carbocycles. The van der Waals surface area contributed by atoms with Crippen molar-refractivity contribution in [3.05, 3.63) is 33.8 Å². The van der Waals surface area contributed by atoms with E-state index in [0.717, 1.165) is 27.8 Å². The van der Waals surface area contributed by atoms with Crippen molar-refractivity contribution in [1.82, 2.24) is 5.32 Å². The molecule has 0 aliphatic heterocycles. The Morgan fingerprint density at radius 3 is 2.33 bits per heavy atom. The van der Waals surface area contributed by atoms with E-state index in [9.17, 15) is 0 Å². The highest BCUT2D eigenvalue weighted by atomic mass is 35.5. The standard InChI is InChI=1S/C15H19Cl2N/c1-18-15(11-6-12(16)8-13(17)7-11)14-5-9-2-3-10(14)4-9/h6-10,14-15,18H,2-5H2,1H3. The van der Waals surface area contributed by atoms with Crippen molar-refractivity contribution < 1.29 is 0 Å². The van der Waals surface area contributed by atoms with Gasteiger partial charge in [0.1, 0.15) is 0 Å². The molecule has 1 N–H and O–H groups in total. The maximum absolute atomic E-state index is 6.12. The molecule has 0 spiro atoms. The second-order valence-corrected chi connectivity index (χ2v) is 6.68. The lowest BCUT2D eigenvalue weighted by Gasteiger charge is -2.31. The smallest absolute Gasteiger partial charge is 0.0424 e. The van der Waals surface area contributed by atoms with Crippen LogP contribution >= 0.6 is 23.2 Å². The predicted octanol–water partition coefficient (Wildman–Crippen LogP) is 4.69. The van der Waals surface area contributed by atoms with Gasteiger partial charge in [0.25, 0.3) is 0 Å². The number of hydrogen-bond donors (Lipinski definition) is 1. The molecule has 3 rings (SSSR count). The summed E-state index contributed by atoms with van der Waals surface area (Å²) in [7, 11) is 2.05. The molecule has 2 fully saturated rings. The molecule has 1 nitrogen and oxygen atoms in total. The van der Waals surface area contributed by atoms with Crippen LogP contribution < -0.4 is 5.32 Å². The third kappa shape index (κ3) is 2.29. The van der Waals surface area contributed by atoms with Crippen LogP contribution in [0, 0.1) is 17.8 Å². The van der Waals surface area contributed by atoms with E-state index in [1.807, 2.05) is 7.05 Å². The predicted molar refractivity (Wildman–Crippen MR) is 77.2 cm³/mol. The lowest BCUT2D eigenvalue weighted by atomic mass is 9.80. The highest BCUT2D eigenvalue weighted by molar-refractivity contribution is 6.34. The van der Waals surface area contributed by atoms with Crippen molar-refractivity contribution in [2.45, 2.75) is 31.7 Å². The molecule has 2 saturated carbocycles. The van der Waals surface area contributed by atoms with Gasteiger partial charge in [0.2, 0.25) is 0 Å². The molecule has 2 bridgehead atoms. The molecule has 4 unspecified atom stereocenters. The lowest BCUT2D eigenvalue weighted by Crippen LogP contribution is -2.29. The van der Waals surface area contributed by atoms with E-state index in [1.165, 1.54) is 31.2 Å². The molecule has 3 heteroatoms. The van der Waals surface area contributed by atoms with Crippen molar-refractivity contribution >= 4 is 23.2 Å². The van der Waals surface area contributed by atoms with Crippen LogP contribution in [-0.2, 0) is 0 Å². The van der Waals surface area contributed by atoms with Crippen LogP contribution in [0.25, 0.3) is 0 Å². The first-order chi connectivity index (χ1) is 8.67. The first-order valence-electron chi connectivity index (χ1n) is 6.80. The molecule has 2 aliphatic rings. The fourth-order valence-corrected chi connectivity index (χ4v) is 4.63. The largest absolute Gasteiger partial charge is 0.313 e. The van der Waals surface area contributed by atoms with Crippen LogP contribution in [0.15, 0.2) is 18.2 Å². The van der Waals surface area contributed by atoms with E-state index < -0.39 is 0 Å².